The molecule has 0 saturated heterocycles. The van der Waals surface area contributed by atoms with E-state index in [1.165, 1.54) is 0 Å². The second-order valence-electron chi connectivity index (χ2n) is 5.79. The molecule has 1 atom stereocenters. The van der Waals surface area contributed by atoms with Crippen molar-refractivity contribution in [3.63, 3.8) is 0 Å². The number of nitrogens with zero attached hydrogens (tertiary/aromatic N) is 1. The fourth-order valence-corrected chi connectivity index (χ4v) is 2.65. The van der Waals surface area contributed by atoms with Crippen LogP contribution in [0.1, 0.15) is 20.3 Å². The molecule has 0 radical (unpaired) electrons. The van der Waals surface area contributed by atoms with Gasteiger partial charge in [0.15, 0.2) is 11.5 Å². The van der Waals surface area contributed by atoms with Crippen LogP contribution < -0.4 is 20.5 Å². The number of benzene rings is 1. The Morgan fingerprint density at radius 3 is 2.76 bits per heavy atom. The molecule has 1 aliphatic rings. The van der Waals surface area contributed by atoms with Crippen LogP contribution in [0.25, 0.3) is 10.8 Å². The molecule has 1 aromatic heterocycles. The number of rotatable bonds is 5. The number of fused-ring (bicyclic) bond motifs is 2. The standard InChI is InChI=1S/C16H21N3O2/c1-10(2)5-12(8-17)19-16-13-7-15-14(20-9-21-15)6-11(13)3-4-18-16/h3-4,6-7,10,12H,5,8-9,17H2,1-2H3,(H,18,19). The van der Waals surface area contributed by atoms with Crippen LogP contribution in [0.4, 0.5) is 5.82 Å². The molecule has 1 aliphatic heterocycles. The lowest BCUT2D eigenvalue weighted by Crippen LogP contribution is -2.30. The molecule has 112 valence electrons. The van der Waals surface area contributed by atoms with Gasteiger partial charge in [-0.1, -0.05) is 13.8 Å². The fourth-order valence-electron chi connectivity index (χ4n) is 2.65. The van der Waals surface area contributed by atoms with Gasteiger partial charge in [0.1, 0.15) is 5.82 Å². The predicted molar refractivity (Wildman–Crippen MR) is 83.8 cm³/mol. The molecule has 5 nitrogen and oxygen atoms in total. The van der Waals surface area contributed by atoms with Gasteiger partial charge in [0.25, 0.3) is 0 Å². The Labute approximate surface area is 124 Å². The highest BCUT2D eigenvalue weighted by Crippen LogP contribution is 2.37. The first-order chi connectivity index (χ1) is 10.2. The number of nitrogens with two attached hydrogens (primary N) is 1. The number of aromatic nitrogens is 1. The van der Waals surface area contributed by atoms with Crippen LogP contribution in [-0.2, 0) is 0 Å². The van der Waals surface area contributed by atoms with Gasteiger partial charge in [0.2, 0.25) is 6.79 Å². The van der Waals surface area contributed by atoms with Crippen LogP contribution in [0.5, 0.6) is 11.5 Å². The Morgan fingerprint density at radius 1 is 1.29 bits per heavy atom. The molecule has 21 heavy (non-hydrogen) atoms. The molecule has 0 saturated carbocycles. The van der Waals surface area contributed by atoms with Crippen molar-refractivity contribution in [2.45, 2.75) is 26.3 Å². The van der Waals surface area contributed by atoms with Crippen molar-refractivity contribution in [3.05, 3.63) is 24.4 Å². The normalized spacial score (nSPS) is 14.7. The molecular weight excluding hydrogens is 266 g/mol. The molecule has 1 aromatic carbocycles. The van der Waals surface area contributed by atoms with E-state index < -0.39 is 0 Å². The highest BCUT2D eigenvalue weighted by atomic mass is 16.7. The van der Waals surface area contributed by atoms with Gasteiger partial charge in [-0.25, -0.2) is 4.98 Å². The average Bonchev–Trinajstić information content (AvgIpc) is 2.91. The third-order valence-electron chi connectivity index (χ3n) is 3.64. The molecule has 2 heterocycles. The molecule has 3 N–H and O–H groups in total. The first kappa shape index (κ1) is 13.9. The maximum Gasteiger partial charge on any atom is 0.231 e. The topological polar surface area (TPSA) is 69.4 Å². The summed E-state index contributed by atoms with van der Waals surface area (Å²) in [5.41, 5.74) is 5.87. The summed E-state index contributed by atoms with van der Waals surface area (Å²) >= 11 is 0. The van der Waals surface area contributed by atoms with Crippen LogP contribution in [0.3, 0.4) is 0 Å². The van der Waals surface area contributed by atoms with Gasteiger partial charge < -0.3 is 20.5 Å². The van der Waals surface area contributed by atoms with Gasteiger partial charge in [0, 0.05) is 24.2 Å². The number of hydrogen-bond acceptors (Lipinski definition) is 5. The van der Waals surface area contributed by atoms with Crippen molar-refractivity contribution < 1.29 is 9.47 Å². The lowest BCUT2D eigenvalue weighted by atomic mass is 10.0. The van der Waals surface area contributed by atoms with Crippen LogP contribution >= 0.6 is 0 Å². The SMILES string of the molecule is CC(C)CC(CN)Nc1nccc2cc3c(cc12)OCO3. The number of pyridine rings is 1. The van der Waals surface area contributed by atoms with Crippen molar-refractivity contribution >= 4 is 16.6 Å². The van der Waals surface area contributed by atoms with Gasteiger partial charge in [-0.15, -0.1) is 0 Å². The van der Waals surface area contributed by atoms with E-state index in [9.17, 15) is 0 Å². The predicted octanol–water partition coefficient (Wildman–Crippen LogP) is 2.75. The van der Waals surface area contributed by atoms with Crippen LogP contribution in [-0.4, -0.2) is 24.4 Å². The summed E-state index contributed by atoms with van der Waals surface area (Å²) in [4.78, 5) is 4.46. The quantitative estimate of drug-likeness (QED) is 0.885. The van der Waals surface area contributed by atoms with E-state index in [2.05, 4.69) is 24.1 Å². The molecule has 0 bridgehead atoms. The summed E-state index contributed by atoms with van der Waals surface area (Å²) < 4.78 is 10.9. The first-order valence-corrected chi connectivity index (χ1v) is 7.32. The van der Waals surface area contributed by atoms with Crippen molar-refractivity contribution in [2.75, 3.05) is 18.7 Å². The molecular formula is C16H21N3O2. The van der Waals surface area contributed by atoms with E-state index >= 15 is 0 Å². The monoisotopic (exact) mass is 287 g/mol. The smallest absolute Gasteiger partial charge is 0.231 e. The zero-order valence-electron chi connectivity index (χ0n) is 12.4. The minimum absolute atomic E-state index is 0.216. The van der Waals surface area contributed by atoms with Gasteiger partial charge in [-0.3, -0.25) is 0 Å². The summed E-state index contributed by atoms with van der Waals surface area (Å²) in [6, 6.07) is 6.16. The van der Waals surface area contributed by atoms with Crippen molar-refractivity contribution in [2.24, 2.45) is 11.7 Å². The number of ether oxygens (including phenoxy) is 2. The molecule has 0 aliphatic carbocycles. The minimum atomic E-state index is 0.216. The maximum absolute atomic E-state index is 5.87. The molecule has 2 aromatic rings. The highest BCUT2D eigenvalue weighted by Gasteiger charge is 2.17. The van der Waals surface area contributed by atoms with Crippen molar-refractivity contribution in [3.8, 4) is 11.5 Å². The van der Waals surface area contributed by atoms with E-state index in [4.69, 9.17) is 15.2 Å². The van der Waals surface area contributed by atoms with E-state index in [0.717, 1.165) is 34.5 Å². The van der Waals surface area contributed by atoms with Crippen LogP contribution in [0, 0.1) is 5.92 Å². The largest absolute Gasteiger partial charge is 0.454 e. The fraction of sp³-hybridized carbons (Fsp3) is 0.438. The lowest BCUT2D eigenvalue weighted by molar-refractivity contribution is 0.174. The average molecular weight is 287 g/mol. The number of nitrogens with one attached hydrogen (secondary N) is 1. The zero-order valence-corrected chi connectivity index (χ0v) is 12.4. The van der Waals surface area contributed by atoms with E-state index in [1.54, 1.807) is 6.20 Å². The molecule has 0 amide bonds. The second-order valence-corrected chi connectivity index (χ2v) is 5.79. The Morgan fingerprint density at radius 2 is 2.05 bits per heavy atom. The molecule has 1 unspecified atom stereocenters. The van der Waals surface area contributed by atoms with Crippen molar-refractivity contribution in [1.29, 1.82) is 0 Å². The van der Waals surface area contributed by atoms with E-state index in [1.807, 2.05) is 18.2 Å². The number of hydrogen-bond donors (Lipinski definition) is 2. The summed E-state index contributed by atoms with van der Waals surface area (Å²) in [6.07, 6.45) is 2.81. The Balaban J connectivity index is 1.94. The molecule has 5 heteroatoms. The second kappa shape index (κ2) is 5.77. The van der Waals surface area contributed by atoms with Crippen molar-refractivity contribution in [1.82, 2.24) is 4.98 Å². The summed E-state index contributed by atoms with van der Waals surface area (Å²) in [5, 5.41) is 5.57. The minimum Gasteiger partial charge on any atom is -0.454 e. The molecule has 0 spiro atoms. The lowest BCUT2D eigenvalue weighted by Gasteiger charge is -2.20. The summed E-state index contributed by atoms with van der Waals surface area (Å²) in [5.74, 6) is 2.99. The summed E-state index contributed by atoms with van der Waals surface area (Å²) in [7, 11) is 0. The Kier molecular flexibility index (Phi) is 3.84. The summed E-state index contributed by atoms with van der Waals surface area (Å²) in [6.45, 7) is 5.25. The maximum atomic E-state index is 5.87. The third-order valence-corrected chi connectivity index (χ3v) is 3.64. The number of anilines is 1. The molecule has 3 rings (SSSR count). The van der Waals surface area contributed by atoms with Gasteiger partial charge in [-0.2, -0.15) is 0 Å². The van der Waals surface area contributed by atoms with Gasteiger partial charge >= 0.3 is 0 Å². The van der Waals surface area contributed by atoms with Gasteiger partial charge in [-0.05, 0) is 35.9 Å². The van der Waals surface area contributed by atoms with Crippen LogP contribution in [0.2, 0.25) is 0 Å². The first-order valence-electron chi connectivity index (χ1n) is 7.32. The van der Waals surface area contributed by atoms with Crippen LogP contribution in [0.15, 0.2) is 24.4 Å². The highest BCUT2D eigenvalue weighted by molar-refractivity contribution is 5.94. The third kappa shape index (κ3) is 2.88. The zero-order chi connectivity index (χ0) is 14.8. The Hall–Kier alpha value is -2.01. The molecule has 0 fully saturated rings. The van der Waals surface area contributed by atoms with Gasteiger partial charge in [0.05, 0.1) is 0 Å². The van der Waals surface area contributed by atoms with E-state index in [0.29, 0.717) is 12.5 Å². The Bertz CT molecular complexity index is 643. The van der Waals surface area contributed by atoms with E-state index in [-0.39, 0.29) is 12.8 Å².